The number of ether oxygens (including phenoxy) is 1. The molecule has 0 fully saturated rings. The molecule has 0 bridgehead atoms. The molecule has 17 heavy (non-hydrogen) atoms. The molecule has 0 aromatic carbocycles. The van der Waals surface area contributed by atoms with Crippen LogP contribution in [0, 0.1) is 3.70 Å². The lowest BCUT2D eigenvalue weighted by atomic mass is 10.1. The Kier molecular flexibility index (Phi) is 5.71. The second kappa shape index (κ2) is 6.58. The summed E-state index contributed by atoms with van der Waals surface area (Å²) in [4.78, 5) is 15.0. The van der Waals surface area contributed by atoms with Gasteiger partial charge in [0.2, 0.25) is 0 Å². The van der Waals surface area contributed by atoms with Gasteiger partial charge in [-0.15, -0.1) is 0 Å². The normalized spacial score (nSPS) is 10.7. The van der Waals surface area contributed by atoms with Gasteiger partial charge in [-0.25, -0.2) is 13.8 Å². The Hall–Kier alpha value is -0.310. The smallest absolute Gasteiger partial charge is 0.310 e. The zero-order valence-electron chi connectivity index (χ0n) is 8.84. The van der Waals surface area contributed by atoms with Gasteiger partial charge < -0.3 is 4.74 Å². The fourth-order valence-corrected chi connectivity index (χ4v) is 2.56. The molecule has 1 aromatic rings. The van der Waals surface area contributed by atoms with E-state index in [0.29, 0.717) is 20.2 Å². The van der Waals surface area contributed by atoms with Crippen LogP contribution < -0.4 is 0 Å². The number of hydrogen-bond acceptors (Lipinski definition) is 3. The number of esters is 1. The van der Waals surface area contributed by atoms with E-state index in [4.69, 9.17) is 0 Å². The molecule has 1 rings (SSSR count). The van der Waals surface area contributed by atoms with Crippen molar-refractivity contribution in [2.24, 2.45) is 0 Å². The first-order chi connectivity index (χ1) is 7.99. The number of alkyl halides is 3. The van der Waals surface area contributed by atoms with Crippen LogP contribution >= 0.6 is 38.5 Å². The number of carbonyl (C=O) groups is 1. The fraction of sp³-hybridized carbons (Fsp3) is 0.400. The summed E-state index contributed by atoms with van der Waals surface area (Å²) in [6.07, 6.45) is -2.58. The molecule has 0 radical (unpaired) electrons. The third-order valence-corrected chi connectivity index (χ3v) is 3.60. The van der Waals surface area contributed by atoms with Crippen LogP contribution in [0.1, 0.15) is 23.2 Å². The molecule has 0 saturated carbocycles. The SMILES string of the molecule is COC(=O)Cc1c(CBr)cc(C(F)F)nc1I. The first-order valence-electron chi connectivity index (χ1n) is 4.58. The Morgan fingerprint density at radius 3 is 2.76 bits per heavy atom. The number of nitrogens with zero attached hydrogens (tertiary/aromatic N) is 1. The summed E-state index contributed by atoms with van der Waals surface area (Å²) in [5.74, 6) is -0.420. The number of aromatic nitrogens is 1. The number of carbonyl (C=O) groups excluding carboxylic acids is 1. The zero-order chi connectivity index (χ0) is 13.0. The van der Waals surface area contributed by atoms with E-state index in [0.717, 1.165) is 0 Å². The van der Waals surface area contributed by atoms with E-state index in [9.17, 15) is 13.6 Å². The standard InChI is InChI=1S/C10H9BrF2INO2/c1-17-8(16)3-6-5(4-11)2-7(9(12)13)15-10(6)14/h2,9H,3-4H2,1H3. The summed E-state index contributed by atoms with van der Waals surface area (Å²) in [5.41, 5.74) is 0.973. The number of halogens is 4. The second-order valence-electron chi connectivity index (χ2n) is 3.16. The molecule has 0 N–H and O–H groups in total. The van der Waals surface area contributed by atoms with Crippen molar-refractivity contribution in [1.29, 1.82) is 0 Å². The van der Waals surface area contributed by atoms with Crippen molar-refractivity contribution in [3.63, 3.8) is 0 Å². The number of pyridine rings is 1. The highest BCUT2D eigenvalue weighted by Gasteiger charge is 2.17. The lowest BCUT2D eigenvalue weighted by Crippen LogP contribution is -2.10. The number of methoxy groups -OCH3 is 1. The summed E-state index contributed by atoms with van der Waals surface area (Å²) in [7, 11) is 1.28. The van der Waals surface area contributed by atoms with E-state index < -0.39 is 12.4 Å². The van der Waals surface area contributed by atoms with Crippen LogP contribution in [-0.4, -0.2) is 18.1 Å². The molecule has 0 spiro atoms. The molecule has 94 valence electrons. The van der Waals surface area contributed by atoms with E-state index in [-0.39, 0.29) is 12.1 Å². The van der Waals surface area contributed by atoms with Gasteiger partial charge in [-0.3, -0.25) is 4.79 Å². The fourth-order valence-electron chi connectivity index (χ4n) is 1.25. The molecular weight excluding hydrogens is 411 g/mol. The number of rotatable bonds is 4. The Balaban J connectivity index is 3.16. The molecule has 0 unspecified atom stereocenters. The van der Waals surface area contributed by atoms with Crippen molar-refractivity contribution in [2.75, 3.05) is 7.11 Å². The number of hydrogen-bond donors (Lipinski definition) is 0. The quantitative estimate of drug-likeness (QED) is 0.325. The van der Waals surface area contributed by atoms with Crippen molar-refractivity contribution in [3.8, 4) is 0 Å². The Morgan fingerprint density at radius 1 is 1.65 bits per heavy atom. The summed E-state index contributed by atoms with van der Waals surface area (Å²) in [5, 5.41) is 0.386. The predicted octanol–water partition coefficient (Wildman–Crippen LogP) is 3.23. The van der Waals surface area contributed by atoms with Gasteiger partial charge in [0, 0.05) is 5.33 Å². The highest BCUT2D eigenvalue weighted by Crippen LogP contribution is 2.25. The molecule has 1 heterocycles. The highest BCUT2D eigenvalue weighted by molar-refractivity contribution is 14.1. The average molecular weight is 420 g/mol. The minimum absolute atomic E-state index is 0.0340. The molecule has 0 aliphatic carbocycles. The lowest BCUT2D eigenvalue weighted by Gasteiger charge is -2.10. The monoisotopic (exact) mass is 419 g/mol. The summed E-state index contributed by atoms with van der Waals surface area (Å²) < 4.78 is 30.1. The molecule has 7 heteroatoms. The van der Waals surface area contributed by atoms with Gasteiger partial charge in [0.25, 0.3) is 6.43 Å². The summed E-state index contributed by atoms with van der Waals surface area (Å²) >= 11 is 5.05. The zero-order valence-corrected chi connectivity index (χ0v) is 12.6. The highest BCUT2D eigenvalue weighted by atomic mass is 127. The van der Waals surface area contributed by atoms with Crippen molar-refractivity contribution < 1.29 is 18.3 Å². The first-order valence-corrected chi connectivity index (χ1v) is 6.78. The third kappa shape index (κ3) is 3.84. The lowest BCUT2D eigenvalue weighted by molar-refractivity contribution is -0.139. The van der Waals surface area contributed by atoms with Gasteiger partial charge in [0.15, 0.2) is 0 Å². The molecule has 0 atom stereocenters. The van der Waals surface area contributed by atoms with Crippen LogP contribution in [0.2, 0.25) is 0 Å². The first kappa shape index (κ1) is 14.7. The average Bonchev–Trinajstić information content (AvgIpc) is 2.30. The maximum absolute atomic E-state index is 12.6. The van der Waals surface area contributed by atoms with Crippen LogP contribution in [0.4, 0.5) is 8.78 Å². The van der Waals surface area contributed by atoms with E-state index in [2.05, 4.69) is 25.7 Å². The molecule has 0 aliphatic heterocycles. The van der Waals surface area contributed by atoms with E-state index >= 15 is 0 Å². The van der Waals surface area contributed by atoms with Gasteiger partial charge in [-0.1, -0.05) is 15.9 Å². The maximum atomic E-state index is 12.6. The van der Waals surface area contributed by atoms with Crippen molar-refractivity contribution >= 4 is 44.5 Å². The van der Waals surface area contributed by atoms with Gasteiger partial charge in [0.05, 0.1) is 13.5 Å². The van der Waals surface area contributed by atoms with Gasteiger partial charge in [-0.2, -0.15) is 0 Å². The van der Waals surface area contributed by atoms with Crippen LogP contribution in [0.5, 0.6) is 0 Å². The third-order valence-electron chi connectivity index (χ3n) is 2.10. The van der Waals surface area contributed by atoms with Gasteiger partial charge in [0.1, 0.15) is 9.39 Å². The second-order valence-corrected chi connectivity index (χ2v) is 4.75. The van der Waals surface area contributed by atoms with Gasteiger partial charge >= 0.3 is 5.97 Å². The Bertz CT molecular complexity index is 429. The maximum Gasteiger partial charge on any atom is 0.310 e. The molecule has 0 saturated heterocycles. The Morgan fingerprint density at radius 2 is 2.29 bits per heavy atom. The summed E-state index contributed by atoms with van der Waals surface area (Å²) in [6.45, 7) is 0. The minimum atomic E-state index is -2.62. The van der Waals surface area contributed by atoms with Gasteiger partial charge in [-0.05, 0) is 39.8 Å². The van der Waals surface area contributed by atoms with E-state index in [1.54, 1.807) is 0 Å². The van der Waals surface area contributed by atoms with Crippen molar-refractivity contribution in [3.05, 3.63) is 26.6 Å². The van der Waals surface area contributed by atoms with Crippen LogP contribution in [0.25, 0.3) is 0 Å². The summed E-state index contributed by atoms with van der Waals surface area (Å²) in [6, 6.07) is 1.31. The Labute approximate surface area is 119 Å². The van der Waals surface area contributed by atoms with E-state index in [1.165, 1.54) is 13.2 Å². The topological polar surface area (TPSA) is 39.2 Å². The van der Waals surface area contributed by atoms with E-state index in [1.807, 2.05) is 22.6 Å². The van der Waals surface area contributed by atoms with Crippen LogP contribution in [-0.2, 0) is 21.3 Å². The molecular formula is C10H9BrF2INO2. The largest absolute Gasteiger partial charge is 0.469 e. The predicted molar refractivity (Wildman–Crippen MR) is 70.3 cm³/mol. The van der Waals surface area contributed by atoms with Crippen molar-refractivity contribution in [1.82, 2.24) is 4.98 Å². The van der Waals surface area contributed by atoms with Crippen LogP contribution in [0.15, 0.2) is 6.07 Å². The molecule has 1 aromatic heterocycles. The van der Waals surface area contributed by atoms with Crippen molar-refractivity contribution in [2.45, 2.75) is 18.2 Å². The van der Waals surface area contributed by atoms with Crippen LogP contribution in [0.3, 0.4) is 0 Å². The molecule has 3 nitrogen and oxygen atoms in total. The molecule has 0 aliphatic rings. The molecule has 0 amide bonds. The minimum Gasteiger partial charge on any atom is -0.469 e.